The molecule has 0 aliphatic heterocycles. The Morgan fingerprint density at radius 1 is 1.43 bits per heavy atom. The molecule has 2 heterocycles. The van der Waals surface area contributed by atoms with Crippen LogP contribution in [0, 0.1) is 0 Å². The van der Waals surface area contributed by atoms with Crippen LogP contribution in [0.25, 0.3) is 10.2 Å². The minimum Gasteiger partial charge on any atom is -0.264 e. The second kappa shape index (κ2) is 5.40. The third-order valence-corrected chi connectivity index (χ3v) is 4.54. The van der Waals surface area contributed by atoms with Crippen molar-refractivity contribution < 1.29 is 4.21 Å². The standard InChI is InChI=1S/C13H13ClN4OS2/c1-21(2,19)17-10-6-15-18(7-10)8-13-16-11-5-9(14)3-4-12(11)20-13/h3-7H,8H2,1-2H3. The van der Waals surface area contributed by atoms with Gasteiger partial charge in [0.05, 0.1) is 29.2 Å². The molecule has 0 aliphatic rings. The number of hydrogen-bond donors (Lipinski definition) is 0. The summed E-state index contributed by atoms with van der Waals surface area (Å²) in [6.45, 7) is 0.557. The van der Waals surface area contributed by atoms with Crippen LogP contribution in [-0.2, 0) is 16.3 Å². The van der Waals surface area contributed by atoms with E-state index < -0.39 is 9.73 Å². The van der Waals surface area contributed by atoms with E-state index in [1.165, 1.54) is 0 Å². The lowest BCUT2D eigenvalue weighted by Gasteiger charge is -1.95. The van der Waals surface area contributed by atoms with Gasteiger partial charge < -0.3 is 0 Å². The maximum Gasteiger partial charge on any atom is 0.115 e. The van der Waals surface area contributed by atoms with Crippen molar-refractivity contribution in [1.82, 2.24) is 14.8 Å². The van der Waals surface area contributed by atoms with Crippen molar-refractivity contribution in [1.29, 1.82) is 0 Å². The highest BCUT2D eigenvalue weighted by Crippen LogP contribution is 2.25. The molecule has 0 aliphatic carbocycles. The minimum atomic E-state index is -2.17. The van der Waals surface area contributed by atoms with Crippen LogP contribution in [0.5, 0.6) is 0 Å². The monoisotopic (exact) mass is 340 g/mol. The third-order valence-electron chi connectivity index (χ3n) is 2.64. The molecular weight excluding hydrogens is 328 g/mol. The van der Waals surface area contributed by atoms with Crippen molar-refractivity contribution in [3.8, 4) is 0 Å². The van der Waals surface area contributed by atoms with E-state index in [0.29, 0.717) is 17.3 Å². The summed E-state index contributed by atoms with van der Waals surface area (Å²) in [5.41, 5.74) is 1.51. The van der Waals surface area contributed by atoms with Crippen LogP contribution in [0.3, 0.4) is 0 Å². The highest BCUT2D eigenvalue weighted by molar-refractivity contribution is 7.92. The highest BCUT2D eigenvalue weighted by Gasteiger charge is 2.06. The van der Waals surface area contributed by atoms with Crippen LogP contribution in [0.1, 0.15) is 5.01 Å². The normalized spacial score (nSPS) is 12.0. The number of rotatable bonds is 3. The second-order valence-corrected chi connectivity index (χ2v) is 8.99. The van der Waals surface area contributed by atoms with Gasteiger partial charge in [0.15, 0.2) is 0 Å². The van der Waals surface area contributed by atoms with Crippen molar-refractivity contribution in [2.24, 2.45) is 4.36 Å². The average Bonchev–Trinajstić information content (AvgIpc) is 2.93. The van der Waals surface area contributed by atoms with E-state index in [9.17, 15) is 4.21 Å². The maximum absolute atomic E-state index is 11.6. The van der Waals surface area contributed by atoms with Gasteiger partial charge in [-0.15, -0.1) is 11.3 Å². The van der Waals surface area contributed by atoms with E-state index in [4.69, 9.17) is 11.6 Å². The van der Waals surface area contributed by atoms with E-state index in [-0.39, 0.29) is 0 Å². The summed E-state index contributed by atoms with van der Waals surface area (Å²) in [6, 6.07) is 5.67. The number of nitrogens with zero attached hydrogens (tertiary/aromatic N) is 4. The molecule has 0 saturated carbocycles. The molecule has 3 aromatic rings. The van der Waals surface area contributed by atoms with Crippen molar-refractivity contribution >= 4 is 48.6 Å². The van der Waals surface area contributed by atoms with Crippen LogP contribution >= 0.6 is 22.9 Å². The number of halogens is 1. The summed E-state index contributed by atoms with van der Waals surface area (Å²) in [7, 11) is -2.17. The molecule has 0 fully saturated rings. The first kappa shape index (κ1) is 14.5. The fourth-order valence-corrected chi connectivity index (χ4v) is 3.60. The summed E-state index contributed by atoms with van der Waals surface area (Å²) < 4.78 is 18.6. The van der Waals surface area contributed by atoms with E-state index in [2.05, 4.69) is 14.4 Å². The summed E-state index contributed by atoms with van der Waals surface area (Å²) in [6.07, 6.45) is 6.58. The number of aromatic nitrogens is 3. The zero-order chi connectivity index (χ0) is 15.0. The maximum atomic E-state index is 11.6. The van der Waals surface area contributed by atoms with Crippen LogP contribution in [-0.4, -0.2) is 31.5 Å². The van der Waals surface area contributed by atoms with Gasteiger partial charge in [0.1, 0.15) is 10.7 Å². The molecule has 3 rings (SSSR count). The molecule has 0 amide bonds. The molecule has 2 aromatic heterocycles. The smallest absolute Gasteiger partial charge is 0.115 e. The van der Waals surface area contributed by atoms with E-state index >= 15 is 0 Å². The lowest BCUT2D eigenvalue weighted by molar-refractivity contribution is 0.683. The molecule has 0 saturated heterocycles. The Labute approximate surface area is 131 Å². The molecule has 0 bridgehead atoms. The molecule has 1 aromatic carbocycles. The Morgan fingerprint density at radius 2 is 2.24 bits per heavy atom. The third kappa shape index (κ3) is 3.61. The highest BCUT2D eigenvalue weighted by atomic mass is 35.5. The lowest BCUT2D eigenvalue weighted by atomic mass is 10.3. The van der Waals surface area contributed by atoms with Crippen molar-refractivity contribution in [3.05, 3.63) is 40.6 Å². The Balaban J connectivity index is 1.87. The van der Waals surface area contributed by atoms with Gasteiger partial charge in [-0.1, -0.05) is 11.6 Å². The summed E-state index contributed by atoms with van der Waals surface area (Å²) in [5, 5.41) is 5.84. The Kier molecular flexibility index (Phi) is 3.73. The second-order valence-electron chi connectivity index (χ2n) is 4.89. The SMILES string of the molecule is CS(C)(=O)=Nc1cnn(Cc2nc3cc(Cl)ccc3s2)c1. The van der Waals surface area contributed by atoms with Gasteiger partial charge >= 0.3 is 0 Å². The zero-order valence-corrected chi connectivity index (χ0v) is 13.9. The molecule has 0 unspecified atom stereocenters. The molecular formula is C13H13ClN4OS2. The van der Waals surface area contributed by atoms with E-state index in [1.54, 1.807) is 40.9 Å². The fourth-order valence-electron chi connectivity index (χ4n) is 1.89. The molecule has 0 N–H and O–H groups in total. The number of benzene rings is 1. The van der Waals surface area contributed by atoms with Crippen LogP contribution in [0.2, 0.25) is 5.02 Å². The fraction of sp³-hybridized carbons (Fsp3) is 0.231. The van der Waals surface area contributed by atoms with Gasteiger partial charge in [-0.2, -0.15) is 9.46 Å². The first-order valence-corrected chi connectivity index (χ1v) is 9.66. The number of hydrogen-bond acceptors (Lipinski definition) is 5. The Hall–Kier alpha value is -1.44. The van der Waals surface area contributed by atoms with Crippen molar-refractivity contribution in [2.75, 3.05) is 12.5 Å². The predicted molar refractivity (Wildman–Crippen MR) is 88.0 cm³/mol. The largest absolute Gasteiger partial charge is 0.264 e. The molecule has 21 heavy (non-hydrogen) atoms. The average molecular weight is 341 g/mol. The van der Waals surface area contributed by atoms with Gasteiger partial charge in [0.2, 0.25) is 0 Å². The van der Waals surface area contributed by atoms with E-state index in [0.717, 1.165) is 15.2 Å². The van der Waals surface area contributed by atoms with Crippen LogP contribution in [0.15, 0.2) is 35.0 Å². The summed E-state index contributed by atoms with van der Waals surface area (Å²) >= 11 is 7.57. The molecule has 5 nitrogen and oxygen atoms in total. The van der Waals surface area contributed by atoms with E-state index in [1.807, 2.05) is 18.2 Å². The lowest BCUT2D eigenvalue weighted by Crippen LogP contribution is -1.98. The number of fused-ring (bicyclic) bond motifs is 1. The topological polar surface area (TPSA) is 60.1 Å². The molecule has 8 heteroatoms. The number of thiazole rings is 1. The Bertz CT molecular complexity index is 913. The first-order valence-electron chi connectivity index (χ1n) is 6.14. The summed E-state index contributed by atoms with van der Waals surface area (Å²) in [5.74, 6) is 0. The zero-order valence-electron chi connectivity index (χ0n) is 11.5. The molecule has 110 valence electrons. The molecule has 0 radical (unpaired) electrons. The van der Waals surface area contributed by atoms with Gasteiger partial charge in [-0.3, -0.25) is 4.68 Å². The van der Waals surface area contributed by atoms with Gasteiger partial charge in [0, 0.05) is 27.3 Å². The van der Waals surface area contributed by atoms with Gasteiger partial charge in [-0.05, 0) is 18.2 Å². The quantitative estimate of drug-likeness (QED) is 0.732. The van der Waals surface area contributed by atoms with Crippen LogP contribution in [0.4, 0.5) is 5.69 Å². The van der Waals surface area contributed by atoms with Crippen LogP contribution < -0.4 is 0 Å². The first-order chi connectivity index (χ1) is 9.89. The molecule has 0 atom stereocenters. The van der Waals surface area contributed by atoms with Gasteiger partial charge in [-0.25, -0.2) is 9.19 Å². The minimum absolute atomic E-state index is 0.557. The van der Waals surface area contributed by atoms with Gasteiger partial charge in [0.25, 0.3) is 0 Å². The van der Waals surface area contributed by atoms with Crippen molar-refractivity contribution in [3.63, 3.8) is 0 Å². The van der Waals surface area contributed by atoms with Crippen molar-refractivity contribution in [2.45, 2.75) is 6.54 Å². The predicted octanol–water partition coefficient (Wildman–Crippen LogP) is 3.55. The Morgan fingerprint density at radius 3 is 3.00 bits per heavy atom. The summed E-state index contributed by atoms with van der Waals surface area (Å²) in [4.78, 5) is 4.54. The molecule has 0 spiro atoms.